The molecule has 0 spiro atoms. The van der Waals surface area contributed by atoms with Crippen molar-refractivity contribution in [2.75, 3.05) is 34.0 Å². The Morgan fingerprint density at radius 3 is 2.63 bits per heavy atom. The van der Waals surface area contributed by atoms with E-state index in [4.69, 9.17) is 15.2 Å². The number of aryl methyl sites for hydroxylation is 1. The zero-order chi connectivity index (χ0) is 14.3. The lowest BCUT2D eigenvalue weighted by molar-refractivity contribution is 0.0705. The van der Waals surface area contributed by atoms with E-state index in [-0.39, 0.29) is 0 Å². The average molecular weight is 286 g/mol. The molecule has 0 aliphatic rings. The van der Waals surface area contributed by atoms with Gasteiger partial charge in [0.25, 0.3) is 0 Å². The Labute approximate surface area is 120 Å². The van der Waals surface area contributed by atoms with Crippen LogP contribution in [0, 0.1) is 6.92 Å². The second-order valence-corrected chi connectivity index (χ2v) is 6.11. The van der Waals surface area contributed by atoms with Gasteiger partial charge in [0.15, 0.2) is 0 Å². The molecule has 1 aromatic rings. The number of ether oxygens (including phenoxy) is 2. The fourth-order valence-electron chi connectivity index (χ4n) is 2.07. The highest BCUT2D eigenvalue weighted by atomic mass is 32.1. The van der Waals surface area contributed by atoms with Crippen LogP contribution >= 0.6 is 11.3 Å². The van der Waals surface area contributed by atoms with Crippen LogP contribution in [0.15, 0.2) is 6.07 Å². The third-order valence-electron chi connectivity index (χ3n) is 3.26. The Morgan fingerprint density at radius 2 is 2.11 bits per heavy atom. The van der Waals surface area contributed by atoms with E-state index >= 15 is 0 Å². The van der Waals surface area contributed by atoms with Crippen LogP contribution in [0.3, 0.4) is 0 Å². The lowest BCUT2D eigenvalue weighted by Gasteiger charge is -2.28. The van der Waals surface area contributed by atoms with Crippen LogP contribution in [0.1, 0.15) is 22.2 Å². The van der Waals surface area contributed by atoms with Crippen LogP contribution in [0.5, 0.6) is 0 Å². The van der Waals surface area contributed by atoms with E-state index in [1.54, 1.807) is 25.6 Å². The van der Waals surface area contributed by atoms with E-state index < -0.39 is 0 Å². The number of hydrogen-bond acceptors (Lipinski definition) is 5. The highest BCUT2D eigenvalue weighted by molar-refractivity contribution is 7.12. The van der Waals surface area contributed by atoms with Gasteiger partial charge < -0.3 is 15.2 Å². The van der Waals surface area contributed by atoms with Gasteiger partial charge in [0.05, 0.1) is 13.2 Å². The minimum atomic E-state index is 0.376. The molecule has 0 aliphatic heterocycles. The van der Waals surface area contributed by atoms with Gasteiger partial charge in [-0.25, -0.2) is 0 Å². The normalized spacial score (nSPS) is 13.2. The number of nitrogens with zero attached hydrogens (tertiary/aromatic N) is 1. The first-order valence-corrected chi connectivity index (χ1v) is 7.44. The van der Waals surface area contributed by atoms with Gasteiger partial charge in [0, 0.05) is 49.6 Å². The monoisotopic (exact) mass is 286 g/mol. The third kappa shape index (κ3) is 5.20. The first-order chi connectivity index (χ1) is 9.12. The van der Waals surface area contributed by atoms with E-state index in [1.165, 1.54) is 15.3 Å². The number of thiophene rings is 1. The number of rotatable bonds is 9. The highest BCUT2D eigenvalue weighted by Gasteiger charge is 2.16. The maximum absolute atomic E-state index is 5.71. The third-order valence-corrected chi connectivity index (χ3v) is 4.38. The number of nitrogens with two attached hydrogens (primary N) is 1. The molecule has 0 aromatic carbocycles. The molecule has 110 valence electrons. The van der Waals surface area contributed by atoms with E-state index in [9.17, 15) is 0 Å². The SMILES string of the molecule is COCCN(Cc1cc(CN)sc1C)C(C)COC. The van der Waals surface area contributed by atoms with Gasteiger partial charge in [-0.2, -0.15) is 0 Å². The fraction of sp³-hybridized carbons (Fsp3) is 0.714. The van der Waals surface area contributed by atoms with Crippen molar-refractivity contribution in [3.63, 3.8) is 0 Å². The zero-order valence-corrected chi connectivity index (χ0v) is 13.3. The second kappa shape index (κ2) is 8.66. The first kappa shape index (κ1) is 16.6. The van der Waals surface area contributed by atoms with Crippen LogP contribution in [0.4, 0.5) is 0 Å². The van der Waals surface area contributed by atoms with E-state index in [0.29, 0.717) is 12.6 Å². The molecule has 0 radical (unpaired) electrons. The Kier molecular flexibility index (Phi) is 7.56. The molecule has 0 saturated heterocycles. The molecule has 2 N–H and O–H groups in total. The summed E-state index contributed by atoms with van der Waals surface area (Å²) in [6.07, 6.45) is 0. The zero-order valence-electron chi connectivity index (χ0n) is 12.4. The molecule has 19 heavy (non-hydrogen) atoms. The smallest absolute Gasteiger partial charge is 0.0615 e. The summed E-state index contributed by atoms with van der Waals surface area (Å²) >= 11 is 1.79. The van der Waals surface area contributed by atoms with E-state index in [2.05, 4.69) is 24.8 Å². The van der Waals surface area contributed by atoms with Crippen LogP contribution in [-0.4, -0.2) is 44.9 Å². The van der Waals surface area contributed by atoms with Crippen molar-refractivity contribution in [2.45, 2.75) is 33.0 Å². The summed E-state index contributed by atoms with van der Waals surface area (Å²) in [7, 11) is 3.48. The largest absolute Gasteiger partial charge is 0.383 e. The highest BCUT2D eigenvalue weighted by Crippen LogP contribution is 2.23. The van der Waals surface area contributed by atoms with Gasteiger partial charge in [-0.1, -0.05) is 0 Å². The molecule has 1 unspecified atom stereocenters. The Bertz CT molecular complexity index is 368. The molecule has 0 bridgehead atoms. The summed E-state index contributed by atoms with van der Waals surface area (Å²) in [6.45, 7) is 8.28. The van der Waals surface area contributed by atoms with Gasteiger partial charge >= 0.3 is 0 Å². The van der Waals surface area contributed by atoms with E-state index in [1.807, 2.05) is 0 Å². The molecule has 0 fully saturated rings. The quantitative estimate of drug-likeness (QED) is 0.754. The van der Waals surface area contributed by atoms with Crippen LogP contribution in [0.25, 0.3) is 0 Å². The van der Waals surface area contributed by atoms with Crippen LogP contribution < -0.4 is 5.73 Å². The van der Waals surface area contributed by atoms with Gasteiger partial charge in [-0.3, -0.25) is 4.90 Å². The van der Waals surface area contributed by atoms with Crippen molar-refractivity contribution < 1.29 is 9.47 Å². The molecule has 4 nitrogen and oxygen atoms in total. The average Bonchev–Trinajstić information content (AvgIpc) is 2.75. The van der Waals surface area contributed by atoms with Gasteiger partial charge in [-0.05, 0) is 25.5 Å². The molecule has 1 atom stereocenters. The topological polar surface area (TPSA) is 47.7 Å². The van der Waals surface area contributed by atoms with Crippen LogP contribution in [0.2, 0.25) is 0 Å². The fourth-order valence-corrected chi connectivity index (χ4v) is 3.01. The standard InChI is InChI=1S/C14H26N2O2S/c1-11(10-18-4)16(5-6-17-3)9-13-7-14(8-15)19-12(13)2/h7,11H,5-6,8-10,15H2,1-4H3. The molecule has 0 saturated carbocycles. The van der Waals surface area contributed by atoms with Crippen molar-refractivity contribution in [1.82, 2.24) is 4.90 Å². The molecule has 1 aromatic heterocycles. The van der Waals surface area contributed by atoms with Crippen molar-refractivity contribution >= 4 is 11.3 Å². The number of hydrogen-bond donors (Lipinski definition) is 1. The molecular weight excluding hydrogens is 260 g/mol. The van der Waals surface area contributed by atoms with E-state index in [0.717, 1.165) is 26.3 Å². The summed E-state index contributed by atoms with van der Waals surface area (Å²) in [5.74, 6) is 0. The molecule has 1 heterocycles. The summed E-state index contributed by atoms with van der Waals surface area (Å²) in [6, 6.07) is 2.60. The summed E-state index contributed by atoms with van der Waals surface area (Å²) < 4.78 is 10.5. The van der Waals surface area contributed by atoms with Gasteiger partial charge in [-0.15, -0.1) is 11.3 Å². The Morgan fingerprint density at radius 1 is 1.37 bits per heavy atom. The minimum Gasteiger partial charge on any atom is -0.383 e. The molecule has 5 heteroatoms. The van der Waals surface area contributed by atoms with Gasteiger partial charge in [0.2, 0.25) is 0 Å². The van der Waals surface area contributed by atoms with Crippen molar-refractivity contribution in [1.29, 1.82) is 0 Å². The van der Waals surface area contributed by atoms with Crippen molar-refractivity contribution in [3.8, 4) is 0 Å². The molecule has 1 rings (SSSR count). The summed E-state index contributed by atoms with van der Waals surface area (Å²) in [5.41, 5.74) is 7.07. The van der Waals surface area contributed by atoms with Gasteiger partial charge in [0.1, 0.15) is 0 Å². The maximum atomic E-state index is 5.71. The van der Waals surface area contributed by atoms with Crippen LogP contribution in [-0.2, 0) is 22.6 Å². The predicted octanol–water partition coefficient (Wildman–Crippen LogP) is 2.00. The lowest BCUT2D eigenvalue weighted by Crippen LogP contribution is -2.38. The molecular formula is C14H26N2O2S. The summed E-state index contributed by atoms with van der Waals surface area (Å²) in [4.78, 5) is 4.99. The Balaban J connectivity index is 2.71. The second-order valence-electron chi connectivity index (χ2n) is 4.77. The lowest BCUT2D eigenvalue weighted by atomic mass is 10.2. The van der Waals surface area contributed by atoms with Crippen molar-refractivity contribution in [2.24, 2.45) is 5.73 Å². The first-order valence-electron chi connectivity index (χ1n) is 6.62. The Hall–Kier alpha value is -0.460. The maximum Gasteiger partial charge on any atom is 0.0615 e. The molecule has 0 aliphatic carbocycles. The predicted molar refractivity (Wildman–Crippen MR) is 80.6 cm³/mol. The summed E-state index contributed by atoms with van der Waals surface area (Å²) in [5, 5.41) is 0. The minimum absolute atomic E-state index is 0.376. The van der Waals surface area contributed by atoms with Crippen molar-refractivity contribution in [3.05, 3.63) is 21.4 Å². The number of methoxy groups -OCH3 is 2. The molecule has 0 amide bonds.